The van der Waals surface area contributed by atoms with E-state index in [0.29, 0.717) is 22.6 Å². The van der Waals surface area contributed by atoms with Gasteiger partial charge in [-0.1, -0.05) is 28.1 Å². The lowest BCUT2D eigenvalue weighted by Gasteiger charge is -2.31. The number of nitro benzene ring substituents is 1. The maximum Gasteiger partial charge on any atom is 0.423 e. The lowest BCUT2D eigenvalue weighted by atomic mass is 9.90. The van der Waals surface area contributed by atoms with Crippen LogP contribution in [0.15, 0.2) is 46.9 Å². The Bertz CT molecular complexity index is 1190. The minimum atomic E-state index is -5.10. The molecule has 1 aliphatic heterocycles. The zero-order valence-electron chi connectivity index (χ0n) is 17.6. The fourth-order valence-electron chi connectivity index (χ4n) is 3.68. The SMILES string of the molecule is CC(F)C(=O)N1C(=S)N(c2ccc([N+](=O)[O-])c(C(F)(F)F)c2)C(=O)[C@]1(C)Cc1ccc(Br)cc1. The average Bonchev–Trinajstić information content (AvgIpc) is 2.93. The molecule has 1 heterocycles. The van der Waals surface area contributed by atoms with Crippen LogP contribution in [0.4, 0.5) is 28.9 Å². The number of hydrogen-bond acceptors (Lipinski definition) is 5. The molecule has 7 nitrogen and oxygen atoms in total. The monoisotopic (exact) mass is 561 g/mol. The second kappa shape index (κ2) is 9.02. The Morgan fingerprint density at radius 2 is 1.82 bits per heavy atom. The van der Waals surface area contributed by atoms with Gasteiger partial charge in [-0.2, -0.15) is 13.2 Å². The van der Waals surface area contributed by atoms with Crippen LogP contribution in [-0.2, 0) is 22.2 Å². The van der Waals surface area contributed by atoms with E-state index in [1.165, 1.54) is 6.92 Å². The van der Waals surface area contributed by atoms with Crippen molar-refractivity contribution in [3.8, 4) is 0 Å². The highest BCUT2D eigenvalue weighted by atomic mass is 79.9. The average molecular weight is 562 g/mol. The van der Waals surface area contributed by atoms with Gasteiger partial charge in [0.2, 0.25) is 0 Å². The smallest absolute Gasteiger partial charge is 0.271 e. The van der Waals surface area contributed by atoms with Gasteiger partial charge < -0.3 is 0 Å². The Labute approximate surface area is 204 Å². The number of nitro groups is 1. The van der Waals surface area contributed by atoms with Crippen molar-refractivity contribution in [3.05, 3.63) is 68.2 Å². The largest absolute Gasteiger partial charge is 0.423 e. The van der Waals surface area contributed by atoms with E-state index in [9.17, 15) is 37.3 Å². The summed E-state index contributed by atoms with van der Waals surface area (Å²) in [6.07, 6.45) is -7.28. The predicted octanol–water partition coefficient (Wildman–Crippen LogP) is 5.20. The number of alkyl halides is 4. The number of halogens is 5. The van der Waals surface area contributed by atoms with Crippen molar-refractivity contribution in [2.45, 2.75) is 38.2 Å². The van der Waals surface area contributed by atoms with Gasteiger partial charge in [-0.15, -0.1) is 0 Å². The molecule has 0 radical (unpaired) electrons. The molecular formula is C21H16BrF4N3O4S. The lowest BCUT2D eigenvalue weighted by molar-refractivity contribution is -0.388. The van der Waals surface area contributed by atoms with Crippen LogP contribution < -0.4 is 4.90 Å². The molecule has 0 spiro atoms. The number of amides is 2. The molecule has 2 aromatic rings. The predicted molar refractivity (Wildman–Crippen MR) is 122 cm³/mol. The number of hydrogen-bond donors (Lipinski definition) is 0. The van der Waals surface area contributed by atoms with Gasteiger partial charge in [0.25, 0.3) is 17.5 Å². The van der Waals surface area contributed by atoms with Crippen molar-refractivity contribution in [2.24, 2.45) is 0 Å². The number of benzene rings is 2. The molecule has 180 valence electrons. The van der Waals surface area contributed by atoms with E-state index in [-0.39, 0.29) is 6.42 Å². The van der Waals surface area contributed by atoms with Gasteiger partial charge in [0.1, 0.15) is 11.1 Å². The van der Waals surface area contributed by atoms with Crippen molar-refractivity contribution in [2.75, 3.05) is 4.90 Å². The second-order valence-corrected chi connectivity index (χ2v) is 9.03. The highest BCUT2D eigenvalue weighted by Gasteiger charge is 2.56. The van der Waals surface area contributed by atoms with Crippen LogP contribution in [0.5, 0.6) is 0 Å². The topological polar surface area (TPSA) is 83.8 Å². The van der Waals surface area contributed by atoms with Gasteiger partial charge in [-0.25, -0.2) is 4.39 Å². The molecule has 0 N–H and O–H groups in total. The summed E-state index contributed by atoms with van der Waals surface area (Å²) in [5, 5.41) is 10.6. The first-order valence-electron chi connectivity index (χ1n) is 9.65. The highest BCUT2D eigenvalue weighted by Crippen LogP contribution is 2.41. The van der Waals surface area contributed by atoms with Gasteiger partial charge in [0.15, 0.2) is 11.3 Å². The van der Waals surface area contributed by atoms with Gasteiger partial charge in [-0.05, 0) is 55.9 Å². The molecule has 2 aromatic carbocycles. The molecule has 2 amide bonds. The number of carbonyl (C=O) groups is 2. The minimum Gasteiger partial charge on any atom is -0.271 e. The Balaban J connectivity index is 2.15. The fourth-order valence-corrected chi connectivity index (χ4v) is 4.43. The normalized spacial score (nSPS) is 19.5. The summed E-state index contributed by atoms with van der Waals surface area (Å²) in [4.78, 5) is 37.5. The van der Waals surface area contributed by atoms with Crippen LogP contribution in [0.3, 0.4) is 0 Å². The molecule has 1 saturated heterocycles. The number of rotatable bonds is 5. The summed E-state index contributed by atoms with van der Waals surface area (Å²) < 4.78 is 55.3. The van der Waals surface area contributed by atoms with Gasteiger partial charge in [0, 0.05) is 17.0 Å². The van der Waals surface area contributed by atoms with E-state index in [1.807, 2.05) is 0 Å². The Hall–Kier alpha value is -2.93. The zero-order valence-corrected chi connectivity index (χ0v) is 20.0. The van der Waals surface area contributed by atoms with E-state index in [4.69, 9.17) is 12.2 Å². The van der Waals surface area contributed by atoms with Crippen molar-refractivity contribution in [1.29, 1.82) is 0 Å². The van der Waals surface area contributed by atoms with E-state index in [2.05, 4.69) is 15.9 Å². The molecule has 1 fully saturated rings. The fraction of sp³-hybridized carbons (Fsp3) is 0.286. The molecule has 2 atom stereocenters. The van der Waals surface area contributed by atoms with E-state index >= 15 is 0 Å². The third-order valence-corrected chi connectivity index (χ3v) is 6.20. The maximum absolute atomic E-state index is 14.1. The Kier molecular flexibility index (Phi) is 6.82. The molecule has 34 heavy (non-hydrogen) atoms. The molecule has 0 saturated carbocycles. The quantitative estimate of drug-likeness (QED) is 0.217. The van der Waals surface area contributed by atoms with Crippen molar-refractivity contribution in [1.82, 2.24) is 4.90 Å². The third-order valence-electron chi connectivity index (χ3n) is 5.30. The number of nitrogens with zero attached hydrogens (tertiary/aromatic N) is 3. The Morgan fingerprint density at radius 3 is 2.32 bits per heavy atom. The molecular weight excluding hydrogens is 546 g/mol. The minimum absolute atomic E-state index is 0.118. The van der Waals surface area contributed by atoms with Crippen molar-refractivity contribution < 1.29 is 32.1 Å². The number of carbonyl (C=O) groups excluding carboxylic acids is 2. The van der Waals surface area contributed by atoms with Crippen molar-refractivity contribution in [3.63, 3.8) is 0 Å². The Morgan fingerprint density at radius 1 is 1.24 bits per heavy atom. The van der Waals surface area contributed by atoms with Crippen LogP contribution >= 0.6 is 28.1 Å². The number of thiocarbonyl (C=S) groups is 1. The van der Waals surface area contributed by atoms with Gasteiger partial charge >= 0.3 is 6.18 Å². The summed E-state index contributed by atoms with van der Waals surface area (Å²) >= 11 is 8.52. The van der Waals surface area contributed by atoms with Crippen molar-refractivity contribution >= 4 is 56.4 Å². The van der Waals surface area contributed by atoms with Gasteiger partial charge in [0.05, 0.1) is 10.6 Å². The maximum atomic E-state index is 14.1. The molecule has 0 aromatic heterocycles. The number of anilines is 1. The summed E-state index contributed by atoms with van der Waals surface area (Å²) in [5.74, 6) is -2.02. The molecule has 3 rings (SSSR count). The summed E-state index contributed by atoms with van der Waals surface area (Å²) in [5.41, 5.74) is -4.42. The summed E-state index contributed by atoms with van der Waals surface area (Å²) in [6, 6.07) is 8.61. The standard InChI is InChI=1S/C21H16BrF4N3O4S/c1-11(23)17(30)28-19(34)27(14-7-8-16(29(32)33)15(9-14)21(24,25)26)18(31)20(28,2)10-12-3-5-13(22)6-4-12/h3-9,11H,10H2,1-2H3/t11?,20-/m0/s1. The third kappa shape index (κ3) is 4.53. The molecule has 0 aliphatic carbocycles. The first kappa shape index (κ1) is 25.7. The first-order chi connectivity index (χ1) is 15.7. The second-order valence-electron chi connectivity index (χ2n) is 7.75. The lowest BCUT2D eigenvalue weighted by Crippen LogP contribution is -2.53. The molecule has 1 aliphatic rings. The van der Waals surface area contributed by atoms with E-state index in [0.717, 1.165) is 22.4 Å². The summed E-state index contributed by atoms with van der Waals surface area (Å²) in [7, 11) is 0. The zero-order chi connectivity index (χ0) is 25.6. The van der Waals surface area contributed by atoms with Crippen LogP contribution in [0.25, 0.3) is 0 Å². The highest BCUT2D eigenvalue weighted by molar-refractivity contribution is 9.10. The van der Waals surface area contributed by atoms with Gasteiger partial charge in [-0.3, -0.25) is 29.5 Å². The first-order valence-corrected chi connectivity index (χ1v) is 10.9. The van der Waals surface area contributed by atoms with Crippen LogP contribution in [-0.4, -0.2) is 38.5 Å². The molecule has 0 bridgehead atoms. The van der Waals surface area contributed by atoms with Crippen LogP contribution in [0.1, 0.15) is 25.0 Å². The molecule has 13 heteroatoms. The summed E-state index contributed by atoms with van der Waals surface area (Å²) in [6.45, 7) is 2.28. The van der Waals surface area contributed by atoms with Crippen LogP contribution in [0, 0.1) is 10.1 Å². The van der Waals surface area contributed by atoms with Crippen LogP contribution in [0.2, 0.25) is 0 Å². The van der Waals surface area contributed by atoms with E-state index in [1.54, 1.807) is 24.3 Å². The molecule has 1 unspecified atom stereocenters. The van der Waals surface area contributed by atoms with E-state index < -0.39 is 56.7 Å².